The predicted octanol–water partition coefficient (Wildman–Crippen LogP) is 9.38. The van der Waals surface area contributed by atoms with E-state index in [4.69, 9.17) is 0 Å². The van der Waals surface area contributed by atoms with Gasteiger partial charge in [-0.2, -0.15) is 0 Å². The third kappa shape index (κ3) is 4.09. The van der Waals surface area contributed by atoms with Crippen molar-refractivity contribution in [2.75, 3.05) is 0 Å². The summed E-state index contributed by atoms with van der Waals surface area (Å²) in [6.07, 6.45) is 2.94. The molecule has 0 bridgehead atoms. The minimum absolute atomic E-state index is 0.139. The summed E-state index contributed by atoms with van der Waals surface area (Å²) in [4.78, 5) is 12.2. The molecule has 0 fully saturated rings. The average molecular weight is 528 g/mol. The molecule has 6 rings (SSSR count). The van der Waals surface area contributed by atoms with E-state index in [2.05, 4.69) is 13.2 Å². The normalized spacial score (nSPS) is 11.2. The standard InChI is InChI=1S/C35H23F2NO2/c1-3-21-9-11-23(17-30(21)36)25-13-15-27-28-16-14-26(24-12-10-22(4-2)31(37)18-24)20-34(28)38(33(27)19-25)32-8-6-5-7-29(32)35(39)40/h3-20H,1-2H2,(H,39,40). The van der Waals surface area contributed by atoms with E-state index < -0.39 is 5.97 Å². The Balaban J connectivity index is 1.66. The van der Waals surface area contributed by atoms with Crippen LogP contribution in [0.15, 0.2) is 110 Å². The highest BCUT2D eigenvalue weighted by Crippen LogP contribution is 2.38. The quantitative estimate of drug-likeness (QED) is 0.234. The Morgan fingerprint density at radius 3 is 1.55 bits per heavy atom. The Morgan fingerprint density at radius 1 is 0.650 bits per heavy atom. The van der Waals surface area contributed by atoms with Crippen molar-refractivity contribution in [2.45, 2.75) is 0 Å². The van der Waals surface area contributed by atoms with Gasteiger partial charge < -0.3 is 9.67 Å². The molecule has 194 valence electrons. The molecule has 1 N–H and O–H groups in total. The number of nitrogens with zero attached hydrogens (tertiary/aromatic N) is 1. The topological polar surface area (TPSA) is 42.2 Å². The number of para-hydroxylation sites is 1. The summed E-state index contributed by atoms with van der Waals surface area (Å²) < 4.78 is 31.1. The van der Waals surface area contributed by atoms with Crippen LogP contribution < -0.4 is 0 Å². The maximum Gasteiger partial charge on any atom is 0.337 e. The Hall–Kier alpha value is -5.29. The zero-order chi connectivity index (χ0) is 28.0. The zero-order valence-corrected chi connectivity index (χ0v) is 21.4. The van der Waals surface area contributed by atoms with E-state index in [1.165, 1.54) is 24.3 Å². The smallest absolute Gasteiger partial charge is 0.337 e. The summed E-state index contributed by atoms with van der Waals surface area (Å²) >= 11 is 0. The van der Waals surface area contributed by atoms with E-state index >= 15 is 0 Å². The van der Waals surface area contributed by atoms with Crippen molar-refractivity contribution in [3.8, 4) is 27.9 Å². The summed E-state index contributed by atoms with van der Waals surface area (Å²) in [6.45, 7) is 7.31. The summed E-state index contributed by atoms with van der Waals surface area (Å²) in [5.41, 5.74) is 5.92. The van der Waals surface area contributed by atoms with Crippen molar-refractivity contribution in [2.24, 2.45) is 0 Å². The van der Waals surface area contributed by atoms with Gasteiger partial charge >= 0.3 is 5.97 Å². The molecule has 0 radical (unpaired) electrons. The second-order valence-corrected chi connectivity index (χ2v) is 9.50. The monoisotopic (exact) mass is 527 g/mol. The molecular weight excluding hydrogens is 504 g/mol. The highest BCUT2D eigenvalue weighted by atomic mass is 19.1. The molecule has 0 aliphatic rings. The van der Waals surface area contributed by atoms with Crippen LogP contribution in [0.25, 0.3) is 61.9 Å². The lowest BCUT2D eigenvalue weighted by atomic mass is 10.00. The number of aromatic carboxylic acids is 1. The van der Waals surface area contributed by atoms with E-state index in [0.717, 1.165) is 32.9 Å². The molecule has 0 unspecified atom stereocenters. The van der Waals surface area contributed by atoms with E-state index in [0.29, 0.717) is 27.9 Å². The first-order chi connectivity index (χ1) is 19.4. The van der Waals surface area contributed by atoms with Gasteiger partial charge in [-0.05, 0) is 58.7 Å². The van der Waals surface area contributed by atoms with Crippen molar-refractivity contribution in [3.63, 3.8) is 0 Å². The Bertz CT molecular complexity index is 1890. The number of hydrogen-bond acceptors (Lipinski definition) is 1. The molecule has 0 saturated heterocycles. The molecule has 0 amide bonds. The fraction of sp³-hybridized carbons (Fsp3) is 0. The predicted molar refractivity (Wildman–Crippen MR) is 159 cm³/mol. The summed E-state index contributed by atoms with van der Waals surface area (Å²) in [5, 5.41) is 11.8. The Labute approximate surface area is 229 Å². The number of fused-ring (bicyclic) bond motifs is 3. The number of halogens is 2. The van der Waals surface area contributed by atoms with Crippen molar-refractivity contribution >= 4 is 39.9 Å². The minimum atomic E-state index is -1.05. The van der Waals surface area contributed by atoms with Gasteiger partial charge in [-0.25, -0.2) is 13.6 Å². The van der Waals surface area contributed by atoms with E-state index in [-0.39, 0.29) is 17.2 Å². The van der Waals surface area contributed by atoms with Gasteiger partial charge in [0.25, 0.3) is 0 Å². The van der Waals surface area contributed by atoms with Crippen molar-refractivity contribution in [1.82, 2.24) is 4.57 Å². The molecule has 0 spiro atoms. The van der Waals surface area contributed by atoms with E-state index in [1.54, 1.807) is 36.4 Å². The molecule has 5 aromatic carbocycles. The van der Waals surface area contributed by atoms with Crippen LogP contribution in [0.4, 0.5) is 8.78 Å². The molecule has 1 aromatic heterocycles. The Kier molecular flexibility index (Phi) is 6.12. The second-order valence-electron chi connectivity index (χ2n) is 9.50. The third-order valence-corrected chi connectivity index (χ3v) is 7.25. The van der Waals surface area contributed by atoms with Crippen molar-refractivity contribution in [3.05, 3.63) is 139 Å². The molecule has 0 aliphatic carbocycles. The van der Waals surface area contributed by atoms with Gasteiger partial charge in [0.15, 0.2) is 0 Å². The number of carbonyl (C=O) groups is 1. The number of aromatic nitrogens is 1. The highest BCUT2D eigenvalue weighted by Gasteiger charge is 2.19. The SMILES string of the molecule is C=Cc1ccc(-c2ccc3c4ccc(-c5ccc(C=C)c(F)c5)cc4n(-c4ccccc4C(=O)O)c3c2)cc1F. The molecule has 0 atom stereocenters. The van der Waals surface area contributed by atoms with Gasteiger partial charge in [-0.15, -0.1) is 0 Å². The van der Waals surface area contributed by atoms with Gasteiger partial charge in [-0.1, -0.05) is 86.0 Å². The van der Waals surface area contributed by atoms with Crippen molar-refractivity contribution in [1.29, 1.82) is 0 Å². The molecule has 0 aliphatic heterocycles. The summed E-state index contributed by atoms with van der Waals surface area (Å²) in [5.74, 6) is -1.80. The van der Waals surface area contributed by atoms with Gasteiger partial charge in [-0.3, -0.25) is 0 Å². The largest absolute Gasteiger partial charge is 0.478 e. The number of carboxylic acid groups (broad SMARTS) is 1. The second kappa shape index (κ2) is 9.79. The highest BCUT2D eigenvalue weighted by molar-refractivity contribution is 6.12. The molecule has 6 aromatic rings. The molecule has 0 saturated carbocycles. The average Bonchev–Trinajstić information content (AvgIpc) is 3.29. The van der Waals surface area contributed by atoms with Crippen molar-refractivity contribution < 1.29 is 18.7 Å². The maximum atomic E-state index is 14.6. The lowest BCUT2D eigenvalue weighted by Crippen LogP contribution is -2.05. The molecule has 1 heterocycles. The number of hydrogen-bond donors (Lipinski definition) is 1. The van der Waals surface area contributed by atoms with Gasteiger partial charge in [0.05, 0.1) is 22.3 Å². The van der Waals surface area contributed by atoms with Crippen LogP contribution in [0.1, 0.15) is 21.5 Å². The molecule has 40 heavy (non-hydrogen) atoms. The lowest BCUT2D eigenvalue weighted by Gasteiger charge is -2.13. The number of rotatable bonds is 6. The number of benzene rings is 5. The van der Waals surface area contributed by atoms with Crippen LogP contribution in [0.5, 0.6) is 0 Å². The summed E-state index contributed by atoms with van der Waals surface area (Å²) in [6, 6.07) is 28.4. The van der Waals surface area contributed by atoms with Crippen LogP contribution in [-0.4, -0.2) is 15.6 Å². The third-order valence-electron chi connectivity index (χ3n) is 7.25. The van der Waals surface area contributed by atoms with Crippen LogP contribution >= 0.6 is 0 Å². The van der Waals surface area contributed by atoms with Crippen LogP contribution in [-0.2, 0) is 0 Å². The lowest BCUT2D eigenvalue weighted by molar-refractivity contribution is 0.0697. The number of carboxylic acids is 1. The first-order valence-electron chi connectivity index (χ1n) is 12.6. The van der Waals surface area contributed by atoms with Crippen LogP contribution in [0.3, 0.4) is 0 Å². The molecular formula is C35H23F2NO2. The van der Waals surface area contributed by atoms with Crippen LogP contribution in [0, 0.1) is 11.6 Å². The first-order valence-corrected chi connectivity index (χ1v) is 12.6. The van der Waals surface area contributed by atoms with Crippen LogP contribution in [0.2, 0.25) is 0 Å². The fourth-order valence-electron chi connectivity index (χ4n) is 5.23. The molecule has 3 nitrogen and oxygen atoms in total. The summed E-state index contributed by atoms with van der Waals surface area (Å²) in [7, 11) is 0. The van der Waals surface area contributed by atoms with E-state index in [1.807, 2.05) is 53.1 Å². The first kappa shape index (κ1) is 25.0. The van der Waals surface area contributed by atoms with Gasteiger partial charge in [0, 0.05) is 21.9 Å². The Morgan fingerprint density at radius 2 is 1.10 bits per heavy atom. The molecule has 5 heteroatoms. The maximum absolute atomic E-state index is 14.6. The van der Waals surface area contributed by atoms with Gasteiger partial charge in [0.1, 0.15) is 11.6 Å². The fourth-order valence-corrected chi connectivity index (χ4v) is 5.23. The van der Waals surface area contributed by atoms with E-state index in [9.17, 15) is 18.7 Å². The van der Waals surface area contributed by atoms with Gasteiger partial charge in [0.2, 0.25) is 0 Å². The zero-order valence-electron chi connectivity index (χ0n) is 21.4. The minimum Gasteiger partial charge on any atom is -0.478 e.